The van der Waals surface area contributed by atoms with Crippen molar-refractivity contribution in [3.8, 4) is 0 Å². The number of carbonyl (C=O) groups is 1. The first kappa shape index (κ1) is 14.7. The summed E-state index contributed by atoms with van der Waals surface area (Å²) in [6, 6.07) is 0. The maximum absolute atomic E-state index is 11.9. The van der Waals surface area contributed by atoms with E-state index in [0.717, 1.165) is 45.5 Å². The third kappa shape index (κ3) is 4.45. The molecule has 5 heteroatoms. The Bertz CT molecular complexity index is 239. The molecule has 1 amide bonds. The van der Waals surface area contributed by atoms with Crippen LogP contribution in [0.5, 0.6) is 0 Å². The van der Waals surface area contributed by atoms with E-state index in [-0.39, 0.29) is 24.4 Å². The molecule has 1 N–H and O–H groups in total. The lowest BCUT2D eigenvalue weighted by molar-refractivity contribution is -0.132. The van der Waals surface area contributed by atoms with Crippen LogP contribution in [0.25, 0.3) is 0 Å². The molecule has 2 unspecified atom stereocenters. The Morgan fingerprint density at radius 2 is 2.29 bits per heavy atom. The zero-order valence-corrected chi connectivity index (χ0v) is 11.3. The van der Waals surface area contributed by atoms with Gasteiger partial charge in [0.15, 0.2) is 0 Å². The van der Waals surface area contributed by atoms with Crippen molar-refractivity contribution in [2.24, 2.45) is 5.92 Å². The first-order chi connectivity index (χ1) is 7.75. The van der Waals surface area contributed by atoms with Gasteiger partial charge in [0.25, 0.3) is 0 Å². The molecule has 0 aromatic carbocycles. The summed E-state index contributed by atoms with van der Waals surface area (Å²) in [5.74, 6) is 0.809. The van der Waals surface area contributed by atoms with Crippen LogP contribution in [0.3, 0.4) is 0 Å². The Morgan fingerprint density at radius 1 is 1.47 bits per heavy atom. The SMILES string of the molecule is CN(CC1CCCO1)C(=O)CC1CCNC1.Cl. The van der Waals surface area contributed by atoms with E-state index in [2.05, 4.69) is 5.32 Å². The fourth-order valence-corrected chi connectivity index (χ4v) is 2.49. The zero-order chi connectivity index (χ0) is 11.4. The highest BCUT2D eigenvalue weighted by molar-refractivity contribution is 5.85. The summed E-state index contributed by atoms with van der Waals surface area (Å²) < 4.78 is 5.54. The molecule has 2 aliphatic heterocycles. The number of hydrogen-bond donors (Lipinski definition) is 1. The summed E-state index contributed by atoms with van der Waals surface area (Å²) in [5, 5.41) is 3.29. The highest BCUT2D eigenvalue weighted by Gasteiger charge is 2.23. The van der Waals surface area contributed by atoms with Crippen LogP contribution in [-0.2, 0) is 9.53 Å². The van der Waals surface area contributed by atoms with Crippen molar-refractivity contribution in [1.29, 1.82) is 0 Å². The van der Waals surface area contributed by atoms with Crippen LogP contribution in [0.2, 0.25) is 0 Å². The standard InChI is InChI=1S/C12H22N2O2.ClH/c1-14(9-11-3-2-6-16-11)12(15)7-10-4-5-13-8-10;/h10-11,13H,2-9H2,1H3;1H. The van der Waals surface area contributed by atoms with E-state index in [1.807, 2.05) is 11.9 Å². The second-order valence-corrected chi connectivity index (χ2v) is 4.97. The number of nitrogens with one attached hydrogen (secondary N) is 1. The van der Waals surface area contributed by atoms with Crippen LogP contribution in [0.1, 0.15) is 25.7 Å². The molecular weight excluding hydrogens is 240 g/mol. The molecule has 0 aromatic heterocycles. The minimum Gasteiger partial charge on any atom is -0.376 e. The van der Waals surface area contributed by atoms with Crippen LogP contribution < -0.4 is 5.32 Å². The van der Waals surface area contributed by atoms with E-state index < -0.39 is 0 Å². The fourth-order valence-electron chi connectivity index (χ4n) is 2.49. The van der Waals surface area contributed by atoms with Gasteiger partial charge < -0.3 is 15.0 Å². The maximum Gasteiger partial charge on any atom is 0.222 e. The number of rotatable bonds is 4. The van der Waals surface area contributed by atoms with Crippen LogP contribution >= 0.6 is 12.4 Å². The number of carbonyl (C=O) groups excluding carboxylic acids is 1. The first-order valence-corrected chi connectivity index (χ1v) is 6.32. The van der Waals surface area contributed by atoms with Gasteiger partial charge in [-0.2, -0.15) is 0 Å². The second-order valence-electron chi connectivity index (χ2n) is 4.97. The molecule has 0 bridgehead atoms. The molecule has 4 nitrogen and oxygen atoms in total. The molecule has 2 rings (SSSR count). The number of ether oxygens (including phenoxy) is 1. The molecule has 0 spiro atoms. The summed E-state index contributed by atoms with van der Waals surface area (Å²) in [5.41, 5.74) is 0. The number of hydrogen-bond acceptors (Lipinski definition) is 3. The fraction of sp³-hybridized carbons (Fsp3) is 0.917. The predicted molar refractivity (Wildman–Crippen MR) is 69.5 cm³/mol. The quantitative estimate of drug-likeness (QED) is 0.823. The largest absolute Gasteiger partial charge is 0.376 e. The Labute approximate surface area is 109 Å². The Hall–Kier alpha value is -0.320. The minimum absolute atomic E-state index is 0. The van der Waals surface area contributed by atoms with Gasteiger partial charge in [0.1, 0.15) is 0 Å². The smallest absolute Gasteiger partial charge is 0.222 e. The monoisotopic (exact) mass is 262 g/mol. The Kier molecular flexibility index (Phi) is 6.23. The molecule has 0 aliphatic carbocycles. The van der Waals surface area contributed by atoms with Crippen LogP contribution in [0, 0.1) is 5.92 Å². The van der Waals surface area contributed by atoms with Crippen LogP contribution in [-0.4, -0.2) is 50.2 Å². The van der Waals surface area contributed by atoms with Crippen LogP contribution in [0.4, 0.5) is 0 Å². The van der Waals surface area contributed by atoms with Crippen molar-refractivity contribution in [2.75, 3.05) is 33.3 Å². The summed E-state index contributed by atoms with van der Waals surface area (Å²) >= 11 is 0. The molecule has 0 saturated carbocycles. The van der Waals surface area contributed by atoms with E-state index in [1.54, 1.807) is 0 Å². The van der Waals surface area contributed by atoms with E-state index in [1.165, 1.54) is 0 Å². The number of amides is 1. The Morgan fingerprint density at radius 3 is 2.88 bits per heavy atom. The lowest BCUT2D eigenvalue weighted by Gasteiger charge is -2.22. The normalized spacial score (nSPS) is 27.8. The molecule has 100 valence electrons. The average Bonchev–Trinajstić information content (AvgIpc) is 2.90. The third-order valence-electron chi connectivity index (χ3n) is 3.55. The molecule has 2 heterocycles. The van der Waals surface area contributed by atoms with Crippen molar-refractivity contribution in [3.63, 3.8) is 0 Å². The maximum atomic E-state index is 11.9. The van der Waals surface area contributed by atoms with Gasteiger partial charge in [0.2, 0.25) is 5.91 Å². The summed E-state index contributed by atoms with van der Waals surface area (Å²) in [7, 11) is 1.90. The van der Waals surface area contributed by atoms with Gasteiger partial charge in [-0.1, -0.05) is 0 Å². The topological polar surface area (TPSA) is 41.6 Å². The molecular formula is C12H23ClN2O2. The molecule has 2 fully saturated rings. The van der Waals surface area contributed by atoms with Gasteiger partial charge in [-0.3, -0.25) is 4.79 Å². The van der Waals surface area contributed by atoms with Gasteiger partial charge in [-0.25, -0.2) is 0 Å². The zero-order valence-electron chi connectivity index (χ0n) is 10.5. The number of likely N-dealkylation sites (N-methyl/N-ethyl adjacent to an activating group) is 1. The van der Waals surface area contributed by atoms with E-state index in [9.17, 15) is 4.79 Å². The number of nitrogens with zero attached hydrogens (tertiary/aromatic N) is 1. The second kappa shape index (κ2) is 7.19. The van der Waals surface area contributed by atoms with Crippen molar-refractivity contribution in [1.82, 2.24) is 10.2 Å². The Balaban J connectivity index is 0.00000144. The number of halogens is 1. The lowest BCUT2D eigenvalue weighted by Crippen LogP contribution is -2.35. The van der Waals surface area contributed by atoms with Gasteiger partial charge in [-0.05, 0) is 38.3 Å². The van der Waals surface area contributed by atoms with Crippen molar-refractivity contribution in [3.05, 3.63) is 0 Å². The van der Waals surface area contributed by atoms with Gasteiger partial charge in [-0.15, -0.1) is 12.4 Å². The predicted octanol–water partition coefficient (Wildman–Crippen LogP) is 1.05. The molecule has 2 atom stereocenters. The molecule has 2 saturated heterocycles. The van der Waals surface area contributed by atoms with E-state index in [4.69, 9.17) is 4.74 Å². The van der Waals surface area contributed by atoms with Gasteiger partial charge in [0.05, 0.1) is 6.10 Å². The molecule has 2 aliphatic rings. The molecule has 0 aromatic rings. The highest BCUT2D eigenvalue weighted by atomic mass is 35.5. The highest BCUT2D eigenvalue weighted by Crippen LogP contribution is 2.16. The summed E-state index contributed by atoms with van der Waals surface area (Å²) in [6.07, 6.45) is 4.34. The first-order valence-electron chi connectivity index (χ1n) is 6.32. The van der Waals surface area contributed by atoms with Crippen molar-refractivity contribution >= 4 is 18.3 Å². The summed E-state index contributed by atoms with van der Waals surface area (Å²) in [6.45, 7) is 3.69. The lowest BCUT2D eigenvalue weighted by atomic mass is 10.0. The molecule has 17 heavy (non-hydrogen) atoms. The van der Waals surface area contributed by atoms with Crippen molar-refractivity contribution in [2.45, 2.75) is 31.8 Å². The van der Waals surface area contributed by atoms with E-state index >= 15 is 0 Å². The third-order valence-corrected chi connectivity index (χ3v) is 3.55. The summed E-state index contributed by atoms with van der Waals surface area (Å²) in [4.78, 5) is 13.8. The average molecular weight is 263 g/mol. The molecule has 0 radical (unpaired) electrons. The van der Waals surface area contributed by atoms with Crippen LogP contribution in [0.15, 0.2) is 0 Å². The van der Waals surface area contributed by atoms with Gasteiger partial charge in [0, 0.05) is 26.6 Å². The van der Waals surface area contributed by atoms with Crippen molar-refractivity contribution < 1.29 is 9.53 Å². The van der Waals surface area contributed by atoms with Gasteiger partial charge >= 0.3 is 0 Å². The van der Waals surface area contributed by atoms with E-state index in [0.29, 0.717) is 12.3 Å². The minimum atomic E-state index is 0.